The van der Waals surface area contributed by atoms with E-state index < -0.39 is 11.5 Å². The summed E-state index contributed by atoms with van der Waals surface area (Å²) in [7, 11) is 2.13. The highest BCUT2D eigenvalue weighted by atomic mass is 15.2. The van der Waals surface area contributed by atoms with Crippen LogP contribution in [0.1, 0.15) is 29.1 Å². The van der Waals surface area contributed by atoms with E-state index in [0.717, 1.165) is 55.9 Å². The van der Waals surface area contributed by atoms with Gasteiger partial charge in [0.1, 0.15) is 0 Å². The first-order valence-corrected chi connectivity index (χ1v) is 22.1. The molecule has 11 aromatic rings. The van der Waals surface area contributed by atoms with Crippen LogP contribution in [-0.2, 0) is 12.5 Å². The van der Waals surface area contributed by atoms with Crippen LogP contribution in [0.2, 0.25) is 0 Å². The highest BCUT2D eigenvalue weighted by molar-refractivity contribution is 6.13. The lowest BCUT2D eigenvalue weighted by Gasteiger charge is -2.33. The van der Waals surface area contributed by atoms with Gasteiger partial charge in [0.15, 0.2) is 0 Å². The van der Waals surface area contributed by atoms with E-state index in [2.05, 4.69) is 209 Å². The summed E-state index contributed by atoms with van der Waals surface area (Å²) in [5.74, 6) is 0. The van der Waals surface area contributed by atoms with Gasteiger partial charge in [0.05, 0.1) is 23.5 Å². The Bertz CT molecular complexity index is 3840. The Morgan fingerprint density at radius 2 is 0.877 bits per heavy atom. The SMILES string of the molecule is [2H]c1c([2H])c([2H])c(-c2ccc(N(c3ccc4c(c3)C3(c5ccccc5-c5ccc(N(c6ccccc6)c6ccccc6)cc53)c3ccccc3-4)c3cccc4c5ccccc5n(C)c34)cc2)c([2H])c1[2H]. The van der Waals surface area contributed by atoms with Crippen LogP contribution in [0.15, 0.2) is 243 Å². The van der Waals surface area contributed by atoms with Crippen molar-refractivity contribution >= 4 is 55.9 Å². The maximum Gasteiger partial charge on any atom is 0.0733 e. The Morgan fingerprint density at radius 1 is 0.385 bits per heavy atom. The second kappa shape index (κ2) is 14.6. The van der Waals surface area contributed by atoms with E-state index in [1.54, 1.807) is 0 Å². The molecule has 3 heteroatoms. The molecule has 2 aliphatic rings. The lowest BCUT2D eigenvalue weighted by Crippen LogP contribution is -2.26. The molecule has 13 rings (SSSR count). The molecule has 1 atom stereocenters. The molecular formula is C62H43N3. The number of anilines is 6. The fraction of sp³-hybridized carbons (Fsp3) is 0.0323. The van der Waals surface area contributed by atoms with Crippen LogP contribution in [0, 0.1) is 0 Å². The van der Waals surface area contributed by atoms with Crippen LogP contribution in [-0.4, -0.2) is 4.57 Å². The van der Waals surface area contributed by atoms with Gasteiger partial charge in [-0.2, -0.15) is 0 Å². The van der Waals surface area contributed by atoms with Crippen molar-refractivity contribution in [2.75, 3.05) is 9.80 Å². The van der Waals surface area contributed by atoms with Crippen molar-refractivity contribution in [2.45, 2.75) is 5.41 Å². The van der Waals surface area contributed by atoms with E-state index >= 15 is 0 Å². The van der Waals surface area contributed by atoms with E-state index in [4.69, 9.17) is 6.85 Å². The second-order valence-electron chi connectivity index (χ2n) is 16.9. The minimum Gasteiger partial charge on any atom is -0.342 e. The Kier molecular flexibility index (Phi) is 7.25. The molecule has 1 aromatic heterocycles. The zero-order chi connectivity index (χ0) is 47.4. The van der Waals surface area contributed by atoms with Gasteiger partial charge in [-0.15, -0.1) is 0 Å². The normalized spacial score (nSPS) is 15.4. The van der Waals surface area contributed by atoms with Crippen molar-refractivity contribution < 1.29 is 6.85 Å². The predicted molar refractivity (Wildman–Crippen MR) is 272 cm³/mol. The predicted octanol–water partition coefficient (Wildman–Crippen LogP) is 16.3. The van der Waals surface area contributed by atoms with Gasteiger partial charge < -0.3 is 14.4 Å². The Morgan fingerprint density at radius 3 is 1.51 bits per heavy atom. The zero-order valence-corrected chi connectivity index (χ0v) is 35.5. The highest BCUT2D eigenvalue weighted by Crippen LogP contribution is 2.64. The monoisotopic (exact) mass is 834 g/mol. The molecule has 2 aliphatic carbocycles. The summed E-state index contributed by atoms with van der Waals surface area (Å²) in [5, 5.41) is 2.30. The van der Waals surface area contributed by atoms with Crippen molar-refractivity contribution in [2.24, 2.45) is 7.05 Å². The van der Waals surface area contributed by atoms with Crippen LogP contribution in [0.3, 0.4) is 0 Å². The molecule has 65 heavy (non-hydrogen) atoms. The average Bonchev–Trinajstić information content (AvgIpc) is 3.99. The maximum absolute atomic E-state index is 8.79. The number of hydrogen-bond donors (Lipinski definition) is 0. The molecule has 0 fully saturated rings. The average molecular weight is 835 g/mol. The Hall–Kier alpha value is -8.40. The quantitative estimate of drug-likeness (QED) is 0.158. The van der Waals surface area contributed by atoms with Crippen LogP contribution in [0.25, 0.3) is 55.2 Å². The fourth-order valence-electron chi connectivity index (χ4n) is 11.0. The largest absolute Gasteiger partial charge is 0.342 e. The zero-order valence-electron chi connectivity index (χ0n) is 40.5. The number of fused-ring (bicyclic) bond motifs is 13. The number of hydrogen-bond acceptors (Lipinski definition) is 2. The number of aryl methyl sites for hydroxylation is 1. The molecule has 1 spiro atoms. The van der Waals surface area contributed by atoms with E-state index in [-0.39, 0.29) is 29.7 Å². The first-order chi connectivity index (χ1) is 34.3. The maximum atomic E-state index is 8.79. The molecule has 0 radical (unpaired) electrons. The third-order valence-corrected chi connectivity index (χ3v) is 13.7. The lowest BCUT2D eigenvalue weighted by atomic mass is 9.70. The fourth-order valence-corrected chi connectivity index (χ4v) is 11.0. The molecule has 0 saturated carbocycles. The topological polar surface area (TPSA) is 11.4 Å². The molecule has 0 aliphatic heterocycles. The number of nitrogens with zero attached hydrogens (tertiary/aromatic N) is 3. The van der Waals surface area contributed by atoms with Crippen molar-refractivity contribution in [3.05, 3.63) is 265 Å². The molecule has 10 aromatic carbocycles. The van der Waals surface area contributed by atoms with Crippen LogP contribution in [0.4, 0.5) is 34.1 Å². The van der Waals surface area contributed by atoms with Crippen molar-refractivity contribution in [3.8, 4) is 33.4 Å². The van der Waals surface area contributed by atoms with Gasteiger partial charge in [0.2, 0.25) is 0 Å². The molecule has 0 saturated heterocycles. The Balaban J connectivity index is 1.07. The Labute approximate surface area is 386 Å². The van der Waals surface area contributed by atoms with Gasteiger partial charge in [-0.1, -0.05) is 170 Å². The molecule has 3 nitrogen and oxygen atoms in total. The first kappa shape index (κ1) is 32.3. The summed E-state index contributed by atoms with van der Waals surface area (Å²) >= 11 is 0. The number of benzene rings is 10. The van der Waals surface area contributed by atoms with Gasteiger partial charge in [0, 0.05) is 51.8 Å². The third-order valence-electron chi connectivity index (χ3n) is 13.7. The molecular weight excluding hydrogens is 787 g/mol. The number of rotatable bonds is 7. The molecule has 0 amide bonds. The summed E-state index contributed by atoms with van der Waals surface area (Å²) in [6, 6.07) is 74.0. The van der Waals surface area contributed by atoms with Gasteiger partial charge in [-0.3, -0.25) is 0 Å². The van der Waals surface area contributed by atoms with Gasteiger partial charge in [-0.05, 0) is 128 Å². The molecule has 0 N–H and O–H groups in total. The van der Waals surface area contributed by atoms with Crippen LogP contribution >= 0.6 is 0 Å². The van der Waals surface area contributed by atoms with E-state index in [1.165, 1.54) is 44.5 Å². The van der Waals surface area contributed by atoms with Crippen LogP contribution < -0.4 is 9.80 Å². The summed E-state index contributed by atoms with van der Waals surface area (Å²) < 4.78 is 44.9. The van der Waals surface area contributed by atoms with E-state index in [9.17, 15) is 0 Å². The van der Waals surface area contributed by atoms with E-state index in [1.807, 2.05) is 24.3 Å². The van der Waals surface area contributed by atoms with Crippen molar-refractivity contribution in [3.63, 3.8) is 0 Å². The third kappa shape index (κ3) is 5.49. The smallest absolute Gasteiger partial charge is 0.0733 e. The number of para-hydroxylation sites is 4. The minimum atomic E-state index is -0.675. The minimum absolute atomic E-state index is 0.174. The highest BCUT2D eigenvalue weighted by Gasteiger charge is 2.52. The van der Waals surface area contributed by atoms with Crippen LogP contribution in [0.5, 0.6) is 0 Å². The van der Waals surface area contributed by atoms with E-state index in [0.29, 0.717) is 5.56 Å². The van der Waals surface area contributed by atoms with Gasteiger partial charge in [0.25, 0.3) is 0 Å². The lowest BCUT2D eigenvalue weighted by molar-refractivity contribution is 0.793. The second-order valence-corrected chi connectivity index (χ2v) is 16.9. The molecule has 306 valence electrons. The summed E-state index contributed by atoms with van der Waals surface area (Å²) in [4.78, 5) is 4.66. The first-order valence-electron chi connectivity index (χ1n) is 24.6. The standard InChI is InChI=1S/C62H43N3/c1-63-59-30-16-13-26-53(59)54-27-17-31-60(61(54)63)65(46-34-32-43(33-35-46)42-18-5-2-6-19-42)48-37-39-52-50-25-12-15-29-56(50)62(58(52)41-48)55-28-14-11-24-49(55)51-38-36-47(40-57(51)62)64(44-20-7-3-8-21-44)45-22-9-4-10-23-45/h2-41H,1H3/i2D,5D,6D,18D,19D. The molecule has 1 heterocycles. The molecule has 0 bridgehead atoms. The summed E-state index contributed by atoms with van der Waals surface area (Å²) in [6.07, 6.45) is 0. The van der Waals surface area contributed by atoms with Crippen molar-refractivity contribution in [1.82, 2.24) is 4.57 Å². The number of aromatic nitrogens is 1. The summed E-state index contributed by atoms with van der Waals surface area (Å²) in [6.45, 7) is 0. The van der Waals surface area contributed by atoms with Gasteiger partial charge in [-0.25, -0.2) is 0 Å². The summed E-state index contributed by atoms with van der Waals surface area (Å²) in [5.41, 5.74) is 17.9. The van der Waals surface area contributed by atoms with Gasteiger partial charge >= 0.3 is 0 Å². The molecule has 1 unspecified atom stereocenters. The van der Waals surface area contributed by atoms with Crippen molar-refractivity contribution in [1.29, 1.82) is 0 Å².